The fraction of sp³-hybridized carbons (Fsp3) is 0.238. The van der Waals surface area contributed by atoms with Crippen LogP contribution in [0.15, 0.2) is 54.6 Å². The quantitative estimate of drug-likeness (QED) is 0.627. The lowest BCUT2D eigenvalue weighted by Crippen LogP contribution is -2.35. The summed E-state index contributed by atoms with van der Waals surface area (Å²) in [5.74, 6) is -0.0700. The van der Waals surface area contributed by atoms with Crippen LogP contribution in [0.2, 0.25) is 5.02 Å². The van der Waals surface area contributed by atoms with E-state index in [1.54, 1.807) is 4.90 Å². The summed E-state index contributed by atoms with van der Waals surface area (Å²) in [7, 11) is 1.83. The fourth-order valence-electron chi connectivity index (χ4n) is 2.81. The molecule has 4 heteroatoms. The number of benzene rings is 2. The van der Waals surface area contributed by atoms with Crippen LogP contribution in [0.3, 0.4) is 0 Å². The zero-order valence-electron chi connectivity index (χ0n) is 14.7. The first-order chi connectivity index (χ1) is 12.0. The molecule has 1 aromatic heterocycles. The van der Waals surface area contributed by atoms with Crippen molar-refractivity contribution in [3.05, 3.63) is 65.3 Å². The molecule has 0 saturated heterocycles. The van der Waals surface area contributed by atoms with E-state index >= 15 is 0 Å². The third kappa shape index (κ3) is 3.38. The molecule has 0 bridgehead atoms. The van der Waals surface area contributed by atoms with Gasteiger partial charge in [-0.25, -0.2) is 4.98 Å². The molecule has 3 rings (SSSR count). The van der Waals surface area contributed by atoms with Gasteiger partial charge in [0.05, 0.1) is 5.69 Å². The van der Waals surface area contributed by atoms with Crippen molar-refractivity contribution in [2.75, 3.05) is 7.05 Å². The van der Waals surface area contributed by atoms with Gasteiger partial charge in [0.1, 0.15) is 5.69 Å². The maximum Gasteiger partial charge on any atom is 0.273 e. The normalized spacial score (nSPS) is 12.2. The zero-order valence-corrected chi connectivity index (χ0v) is 15.4. The van der Waals surface area contributed by atoms with E-state index in [9.17, 15) is 4.79 Å². The highest BCUT2D eigenvalue weighted by atomic mass is 35.5. The smallest absolute Gasteiger partial charge is 0.273 e. The van der Waals surface area contributed by atoms with Gasteiger partial charge in [-0.3, -0.25) is 4.79 Å². The van der Waals surface area contributed by atoms with E-state index in [0.717, 1.165) is 22.8 Å². The minimum Gasteiger partial charge on any atom is -0.338 e. The maximum atomic E-state index is 13.1. The van der Waals surface area contributed by atoms with Gasteiger partial charge in [0.25, 0.3) is 5.91 Å². The molecule has 0 radical (unpaired) electrons. The van der Waals surface area contributed by atoms with Crippen molar-refractivity contribution in [3.63, 3.8) is 0 Å². The summed E-state index contributed by atoms with van der Waals surface area (Å²) in [4.78, 5) is 19.5. The highest BCUT2D eigenvalue weighted by molar-refractivity contribution is 6.33. The molecule has 3 nitrogen and oxygen atoms in total. The number of pyridine rings is 1. The van der Waals surface area contributed by atoms with E-state index < -0.39 is 0 Å². The lowest BCUT2D eigenvalue weighted by atomic mass is 10.0. The molecule has 1 atom stereocenters. The van der Waals surface area contributed by atoms with Crippen LogP contribution in [0.1, 0.15) is 30.8 Å². The van der Waals surface area contributed by atoms with E-state index in [1.165, 1.54) is 0 Å². The van der Waals surface area contributed by atoms with Crippen molar-refractivity contribution in [2.24, 2.45) is 0 Å². The topological polar surface area (TPSA) is 33.2 Å². The molecule has 2 aromatic carbocycles. The largest absolute Gasteiger partial charge is 0.338 e. The first-order valence-corrected chi connectivity index (χ1v) is 8.82. The summed E-state index contributed by atoms with van der Waals surface area (Å²) in [6, 6.07) is 17.5. The number of hydrogen-bond acceptors (Lipinski definition) is 2. The second-order valence-corrected chi connectivity index (χ2v) is 6.64. The monoisotopic (exact) mass is 352 g/mol. The van der Waals surface area contributed by atoms with E-state index in [2.05, 4.69) is 6.92 Å². The number of nitrogens with zero attached hydrogens (tertiary/aromatic N) is 2. The Hall–Kier alpha value is -2.39. The fourth-order valence-corrected chi connectivity index (χ4v) is 3.04. The lowest BCUT2D eigenvalue weighted by molar-refractivity contribution is 0.0737. The van der Waals surface area contributed by atoms with Crippen molar-refractivity contribution >= 4 is 28.3 Å². The van der Waals surface area contributed by atoms with Crippen LogP contribution in [0.5, 0.6) is 0 Å². The summed E-state index contributed by atoms with van der Waals surface area (Å²) in [5.41, 5.74) is 2.01. The molecule has 1 heterocycles. The number of aromatic nitrogens is 1. The number of hydrogen-bond donors (Lipinski definition) is 0. The van der Waals surface area contributed by atoms with Crippen molar-refractivity contribution < 1.29 is 4.79 Å². The average molecular weight is 353 g/mol. The molecule has 0 aliphatic rings. The molecule has 3 aromatic rings. The van der Waals surface area contributed by atoms with E-state index in [4.69, 9.17) is 16.6 Å². The van der Waals surface area contributed by atoms with Crippen LogP contribution in [-0.2, 0) is 0 Å². The van der Waals surface area contributed by atoms with Crippen LogP contribution in [0.4, 0.5) is 0 Å². The molecule has 128 valence electrons. The molecular weight excluding hydrogens is 332 g/mol. The first kappa shape index (κ1) is 17.4. The number of carbonyl (C=O) groups excluding carboxylic acids is 1. The Morgan fingerprint density at radius 2 is 1.84 bits per heavy atom. The lowest BCUT2D eigenvalue weighted by Gasteiger charge is -2.24. The third-order valence-electron chi connectivity index (χ3n) is 4.67. The van der Waals surface area contributed by atoms with Gasteiger partial charge in [0.15, 0.2) is 0 Å². The number of carbonyl (C=O) groups is 1. The molecule has 1 unspecified atom stereocenters. The molecule has 0 aliphatic heterocycles. The predicted octanol–water partition coefficient (Wildman–Crippen LogP) is 5.43. The van der Waals surface area contributed by atoms with Gasteiger partial charge in [0.2, 0.25) is 0 Å². The zero-order chi connectivity index (χ0) is 18.0. The predicted molar refractivity (Wildman–Crippen MR) is 104 cm³/mol. The summed E-state index contributed by atoms with van der Waals surface area (Å²) in [6.45, 7) is 4.11. The van der Waals surface area contributed by atoms with Gasteiger partial charge in [-0.1, -0.05) is 61.0 Å². The van der Waals surface area contributed by atoms with Crippen LogP contribution >= 0.6 is 11.6 Å². The highest BCUT2D eigenvalue weighted by Crippen LogP contribution is 2.30. The second-order valence-electron chi connectivity index (χ2n) is 6.23. The van der Waals surface area contributed by atoms with Crippen molar-refractivity contribution in [1.29, 1.82) is 0 Å². The van der Waals surface area contributed by atoms with Gasteiger partial charge in [-0.2, -0.15) is 0 Å². The Balaban J connectivity index is 2.20. The molecular formula is C21H21ClN2O. The van der Waals surface area contributed by atoms with Gasteiger partial charge < -0.3 is 4.90 Å². The van der Waals surface area contributed by atoms with E-state index in [0.29, 0.717) is 16.4 Å². The van der Waals surface area contributed by atoms with Gasteiger partial charge >= 0.3 is 0 Å². The molecule has 0 N–H and O–H groups in total. The molecule has 0 fully saturated rings. The number of halogens is 1. The summed E-state index contributed by atoms with van der Waals surface area (Å²) < 4.78 is 0. The SMILES string of the molecule is CCC(C)N(C)C(=O)c1nc(-c2ccccc2Cl)cc2ccccc12. The van der Waals surface area contributed by atoms with Gasteiger partial charge in [-0.15, -0.1) is 0 Å². The Bertz CT molecular complexity index is 923. The summed E-state index contributed by atoms with van der Waals surface area (Å²) >= 11 is 6.34. The minimum atomic E-state index is -0.0700. The van der Waals surface area contributed by atoms with Gasteiger partial charge in [-0.05, 0) is 30.9 Å². The third-order valence-corrected chi connectivity index (χ3v) is 4.99. The van der Waals surface area contributed by atoms with E-state index in [-0.39, 0.29) is 11.9 Å². The molecule has 0 aliphatic carbocycles. The standard InChI is InChI=1S/C21H21ClN2O/c1-4-14(2)24(3)21(25)20-16-10-6-5-9-15(16)13-19(23-20)17-11-7-8-12-18(17)22/h5-14H,4H2,1-3H3. The van der Waals surface area contributed by atoms with Crippen LogP contribution < -0.4 is 0 Å². The Kier molecular flexibility index (Phi) is 5.05. The summed E-state index contributed by atoms with van der Waals surface area (Å²) in [6.07, 6.45) is 0.893. The molecule has 0 saturated carbocycles. The average Bonchev–Trinajstić information content (AvgIpc) is 2.65. The van der Waals surface area contributed by atoms with Crippen molar-refractivity contribution in [1.82, 2.24) is 9.88 Å². The number of fused-ring (bicyclic) bond motifs is 1. The maximum absolute atomic E-state index is 13.1. The first-order valence-electron chi connectivity index (χ1n) is 8.44. The minimum absolute atomic E-state index is 0.0700. The van der Waals surface area contributed by atoms with E-state index in [1.807, 2.05) is 68.6 Å². The highest BCUT2D eigenvalue weighted by Gasteiger charge is 2.21. The summed E-state index contributed by atoms with van der Waals surface area (Å²) in [5, 5.41) is 2.46. The second kappa shape index (κ2) is 7.24. The Labute approximate surface area is 153 Å². The molecule has 25 heavy (non-hydrogen) atoms. The Morgan fingerprint density at radius 1 is 1.16 bits per heavy atom. The van der Waals surface area contributed by atoms with Crippen LogP contribution in [0, 0.1) is 0 Å². The van der Waals surface area contributed by atoms with Crippen molar-refractivity contribution in [3.8, 4) is 11.3 Å². The number of amides is 1. The van der Waals surface area contributed by atoms with Crippen molar-refractivity contribution in [2.45, 2.75) is 26.3 Å². The van der Waals surface area contributed by atoms with Crippen LogP contribution in [-0.4, -0.2) is 28.9 Å². The van der Waals surface area contributed by atoms with Gasteiger partial charge in [0, 0.05) is 29.1 Å². The van der Waals surface area contributed by atoms with Crippen LogP contribution in [0.25, 0.3) is 22.0 Å². The number of rotatable bonds is 4. The molecule has 1 amide bonds. The molecule has 0 spiro atoms. The Morgan fingerprint density at radius 3 is 2.56 bits per heavy atom.